The van der Waals surface area contributed by atoms with Crippen molar-refractivity contribution >= 4 is 0 Å². The van der Waals surface area contributed by atoms with Crippen LogP contribution in [0.1, 0.15) is 62.7 Å². The second-order valence-corrected chi connectivity index (χ2v) is 9.95. The fourth-order valence-corrected chi connectivity index (χ4v) is 5.20. The molecule has 3 heterocycles. The van der Waals surface area contributed by atoms with Gasteiger partial charge >= 0.3 is 0 Å². The molecular formula is C28H35N3O3. The first-order chi connectivity index (χ1) is 16.6. The molecule has 5 rings (SSSR count). The van der Waals surface area contributed by atoms with Gasteiger partial charge < -0.3 is 14.6 Å². The Morgan fingerprint density at radius 3 is 2.44 bits per heavy atom. The molecule has 2 saturated heterocycles. The molecule has 2 aromatic carbocycles. The number of nitrogens with zero attached hydrogens (tertiary/aromatic N) is 3. The van der Waals surface area contributed by atoms with E-state index < -0.39 is 0 Å². The molecule has 34 heavy (non-hydrogen) atoms. The molecule has 0 spiro atoms. The normalized spacial score (nSPS) is 27.0. The van der Waals surface area contributed by atoms with E-state index in [1.54, 1.807) is 0 Å². The lowest BCUT2D eigenvalue weighted by atomic mass is 9.88. The highest BCUT2D eigenvalue weighted by Gasteiger charge is 2.43. The Balaban J connectivity index is 1.30. The van der Waals surface area contributed by atoms with E-state index >= 15 is 0 Å². The number of hydrogen-bond acceptors (Lipinski definition) is 5. The summed E-state index contributed by atoms with van der Waals surface area (Å²) in [5, 5.41) is 18.5. The molecule has 180 valence electrons. The Bertz CT molecular complexity index is 1050. The second-order valence-electron chi connectivity index (χ2n) is 9.95. The maximum Gasteiger partial charge on any atom is 0.0863 e. The second kappa shape index (κ2) is 10.4. The third-order valence-corrected chi connectivity index (χ3v) is 7.25. The van der Waals surface area contributed by atoms with Crippen LogP contribution in [0.3, 0.4) is 0 Å². The van der Waals surface area contributed by atoms with Gasteiger partial charge in [0.15, 0.2) is 0 Å². The lowest BCUT2D eigenvalue weighted by Gasteiger charge is -2.45. The standard InChI is InChI=1S/C28H35N3O3/c1-19(2)24-17-31(30-29-24)25-16-28-27(15-13-23(18-32)33-28)34-26(25)14-10-20-8-11-22(12-9-20)21-6-4-3-5-7-21/h3-9,11-12,17,19,23,25-28,32H,10,13-16,18H2,1-2H3/t23-,25+,26-,27+,28+/m1/s1. The summed E-state index contributed by atoms with van der Waals surface area (Å²) in [6.45, 7) is 4.33. The van der Waals surface area contributed by atoms with Gasteiger partial charge in [0.25, 0.3) is 0 Å². The van der Waals surface area contributed by atoms with E-state index in [2.05, 4.69) is 78.9 Å². The molecule has 0 saturated carbocycles. The van der Waals surface area contributed by atoms with Gasteiger partial charge in [-0.15, -0.1) is 5.10 Å². The third-order valence-electron chi connectivity index (χ3n) is 7.25. The first-order valence-electron chi connectivity index (χ1n) is 12.6. The van der Waals surface area contributed by atoms with Crippen LogP contribution in [-0.2, 0) is 15.9 Å². The average Bonchev–Trinajstić information content (AvgIpc) is 3.38. The Morgan fingerprint density at radius 2 is 1.74 bits per heavy atom. The lowest BCUT2D eigenvalue weighted by Crippen LogP contribution is -2.51. The average molecular weight is 462 g/mol. The Kier molecular flexibility index (Phi) is 7.09. The summed E-state index contributed by atoms with van der Waals surface area (Å²) in [4.78, 5) is 0. The van der Waals surface area contributed by atoms with Crippen LogP contribution in [0.5, 0.6) is 0 Å². The molecule has 2 fully saturated rings. The number of rotatable bonds is 7. The zero-order valence-corrected chi connectivity index (χ0v) is 20.1. The molecule has 5 atom stereocenters. The van der Waals surface area contributed by atoms with E-state index in [4.69, 9.17) is 9.47 Å². The van der Waals surface area contributed by atoms with Crippen molar-refractivity contribution in [2.75, 3.05) is 6.61 Å². The molecule has 0 aliphatic carbocycles. The van der Waals surface area contributed by atoms with Crippen molar-refractivity contribution in [3.8, 4) is 11.1 Å². The van der Waals surface area contributed by atoms with Gasteiger partial charge in [-0.3, -0.25) is 0 Å². The zero-order valence-electron chi connectivity index (χ0n) is 20.1. The molecule has 0 radical (unpaired) electrons. The summed E-state index contributed by atoms with van der Waals surface area (Å²) < 4.78 is 14.8. The highest BCUT2D eigenvalue weighted by atomic mass is 16.6. The largest absolute Gasteiger partial charge is 0.394 e. The maximum absolute atomic E-state index is 9.59. The number of aryl methyl sites for hydroxylation is 1. The highest BCUT2D eigenvalue weighted by molar-refractivity contribution is 5.63. The number of aliphatic hydroxyl groups excluding tert-OH is 1. The maximum atomic E-state index is 9.59. The van der Waals surface area contributed by atoms with Gasteiger partial charge in [0, 0.05) is 12.6 Å². The highest BCUT2D eigenvalue weighted by Crippen LogP contribution is 2.38. The lowest BCUT2D eigenvalue weighted by molar-refractivity contribution is -0.209. The van der Waals surface area contributed by atoms with Crippen molar-refractivity contribution in [3.05, 3.63) is 72.1 Å². The molecule has 2 aliphatic heterocycles. The number of aromatic nitrogens is 3. The van der Waals surface area contributed by atoms with Crippen molar-refractivity contribution in [1.82, 2.24) is 15.0 Å². The van der Waals surface area contributed by atoms with Crippen molar-refractivity contribution in [2.24, 2.45) is 0 Å². The van der Waals surface area contributed by atoms with Crippen LogP contribution in [0, 0.1) is 0 Å². The van der Waals surface area contributed by atoms with Crippen molar-refractivity contribution in [3.63, 3.8) is 0 Å². The number of aliphatic hydroxyl groups is 1. The molecular weight excluding hydrogens is 426 g/mol. The molecule has 2 aliphatic rings. The van der Waals surface area contributed by atoms with Crippen LogP contribution in [0.4, 0.5) is 0 Å². The molecule has 3 aromatic rings. The van der Waals surface area contributed by atoms with Crippen LogP contribution in [0.2, 0.25) is 0 Å². The predicted octanol–water partition coefficient (Wildman–Crippen LogP) is 4.94. The molecule has 6 heteroatoms. The van der Waals surface area contributed by atoms with E-state index in [9.17, 15) is 5.11 Å². The minimum atomic E-state index is -0.0906. The van der Waals surface area contributed by atoms with Crippen LogP contribution >= 0.6 is 0 Å². The summed E-state index contributed by atoms with van der Waals surface area (Å²) in [5.74, 6) is 0.331. The number of ether oxygens (including phenoxy) is 2. The summed E-state index contributed by atoms with van der Waals surface area (Å²) in [6.07, 6.45) is 6.56. The minimum Gasteiger partial charge on any atom is -0.394 e. The summed E-state index contributed by atoms with van der Waals surface area (Å²) in [6, 6.07) is 19.4. The van der Waals surface area contributed by atoms with E-state index in [0.717, 1.165) is 37.8 Å². The van der Waals surface area contributed by atoms with Gasteiger partial charge in [-0.25, -0.2) is 4.68 Å². The Labute approximate surface area is 201 Å². The fourth-order valence-electron chi connectivity index (χ4n) is 5.20. The summed E-state index contributed by atoms with van der Waals surface area (Å²) in [5.41, 5.74) is 4.78. The predicted molar refractivity (Wildman–Crippen MR) is 132 cm³/mol. The first kappa shape index (κ1) is 23.2. The molecule has 0 bridgehead atoms. The van der Waals surface area contributed by atoms with Gasteiger partial charge in [0.1, 0.15) is 0 Å². The Hall–Kier alpha value is -2.54. The van der Waals surface area contributed by atoms with Crippen LogP contribution in [0.25, 0.3) is 11.1 Å². The number of hydrogen-bond donors (Lipinski definition) is 1. The molecule has 6 nitrogen and oxygen atoms in total. The van der Waals surface area contributed by atoms with Crippen molar-refractivity contribution in [2.45, 2.75) is 82.3 Å². The van der Waals surface area contributed by atoms with Crippen molar-refractivity contribution < 1.29 is 14.6 Å². The van der Waals surface area contributed by atoms with E-state index in [-0.39, 0.29) is 37.1 Å². The quantitative estimate of drug-likeness (QED) is 0.540. The molecule has 1 N–H and O–H groups in total. The molecule has 1 aromatic heterocycles. The monoisotopic (exact) mass is 461 g/mol. The Morgan fingerprint density at radius 1 is 0.971 bits per heavy atom. The van der Waals surface area contributed by atoms with E-state index in [0.29, 0.717) is 5.92 Å². The SMILES string of the molecule is CC(C)c1cn([C@H]2C[C@@H]3O[C@@H](CO)CC[C@@H]3O[C@@H]2CCc2ccc(-c3ccccc3)cc2)nn1. The summed E-state index contributed by atoms with van der Waals surface area (Å²) >= 11 is 0. The smallest absolute Gasteiger partial charge is 0.0863 e. The van der Waals surface area contributed by atoms with Crippen LogP contribution in [0.15, 0.2) is 60.8 Å². The third kappa shape index (κ3) is 5.09. The molecule has 0 amide bonds. The van der Waals surface area contributed by atoms with E-state index in [1.165, 1.54) is 16.7 Å². The zero-order chi connectivity index (χ0) is 23.5. The first-order valence-corrected chi connectivity index (χ1v) is 12.6. The van der Waals surface area contributed by atoms with Crippen molar-refractivity contribution in [1.29, 1.82) is 0 Å². The van der Waals surface area contributed by atoms with Gasteiger partial charge in [-0.1, -0.05) is 73.7 Å². The minimum absolute atomic E-state index is 0.0102. The van der Waals surface area contributed by atoms with Crippen LogP contribution in [-0.4, -0.2) is 51.1 Å². The number of fused-ring (bicyclic) bond motifs is 1. The number of benzene rings is 2. The van der Waals surface area contributed by atoms with Gasteiger partial charge in [0.05, 0.1) is 42.8 Å². The summed E-state index contributed by atoms with van der Waals surface area (Å²) in [7, 11) is 0. The van der Waals surface area contributed by atoms with E-state index in [1.807, 2.05) is 10.7 Å². The van der Waals surface area contributed by atoms with Gasteiger partial charge in [0.2, 0.25) is 0 Å². The topological polar surface area (TPSA) is 69.4 Å². The molecule has 0 unspecified atom stereocenters. The fraction of sp³-hybridized carbons (Fsp3) is 0.500. The van der Waals surface area contributed by atoms with Crippen LogP contribution < -0.4 is 0 Å². The van der Waals surface area contributed by atoms with Gasteiger partial charge in [-0.2, -0.15) is 0 Å². The van der Waals surface area contributed by atoms with Gasteiger partial charge in [-0.05, 0) is 48.3 Å².